The molecule has 0 bridgehead atoms. The van der Waals surface area contributed by atoms with Crippen molar-refractivity contribution < 1.29 is 5.11 Å². The lowest BCUT2D eigenvalue weighted by Crippen LogP contribution is -2.40. The number of hydrogen-bond acceptors (Lipinski definition) is 5. The molecule has 0 atom stereocenters. The van der Waals surface area contributed by atoms with Crippen LogP contribution >= 0.6 is 22.6 Å². The second kappa shape index (κ2) is 6.10. The zero-order valence-corrected chi connectivity index (χ0v) is 8.78. The van der Waals surface area contributed by atoms with Crippen molar-refractivity contribution in [3.05, 3.63) is 0 Å². The Morgan fingerprint density at radius 3 is 2.67 bits per heavy atom. The van der Waals surface area contributed by atoms with Crippen molar-refractivity contribution in [1.82, 2.24) is 9.62 Å². The van der Waals surface area contributed by atoms with E-state index in [2.05, 4.69) is 21.3 Å². The van der Waals surface area contributed by atoms with E-state index >= 15 is 0 Å². The highest BCUT2D eigenvalue weighted by atomic mass is 33.1. The zero-order valence-electron chi connectivity index (χ0n) is 7.07. The van der Waals surface area contributed by atoms with Crippen molar-refractivity contribution in [2.24, 2.45) is 0 Å². The van der Waals surface area contributed by atoms with Gasteiger partial charge in [-0.25, -0.2) is 4.31 Å². The molecule has 0 saturated carbocycles. The van der Waals surface area contributed by atoms with Crippen LogP contribution in [0.3, 0.4) is 0 Å². The Hall–Kier alpha value is 0.580. The summed E-state index contributed by atoms with van der Waals surface area (Å²) in [6, 6.07) is 0.592. The van der Waals surface area contributed by atoms with Gasteiger partial charge in [-0.2, -0.15) is 0 Å². The van der Waals surface area contributed by atoms with Crippen molar-refractivity contribution in [2.75, 3.05) is 26.2 Å². The highest BCUT2D eigenvalue weighted by molar-refractivity contribution is 8.67. The van der Waals surface area contributed by atoms with Gasteiger partial charge >= 0.3 is 0 Å². The minimum Gasteiger partial charge on any atom is -0.395 e. The summed E-state index contributed by atoms with van der Waals surface area (Å²) in [5.41, 5.74) is 0. The summed E-state index contributed by atoms with van der Waals surface area (Å²) in [5.74, 6) is 0. The standard InChI is InChI=1S/C7H16N2OS2/c10-6-3-8-7-1-4-9(12-11)5-2-7/h7-8,10-11H,1-6H2. The summed E-state index contributed by atoms with van der Waals surface area (Å²) < 4.78 is 2.25. The molecule has 1 aliphatic heterocycles. The number of aliphatic hydroxyl groups is 1. The Kier molecular flexibility index (Phi) is 5.42. The second-order valence-corrected chi connectivity index (χ2v) is 4.13. The predicted molar refractivity (Wildman–Crippen MR) is 56.3 cm³/mol. The molecule has 0 aromatic carbocycles. The van der Waals surface area contributed by atoms with Gasteiger partial charge in [0.1, 0.15) is 0 Å². The van der Waals surface area contributed by atoms with E-state index in [1.54, 1.807) is 0 Å². The highest BCUT2D eigenvalue weighted by Crippen LogP contribution is 2.20. The number of nitrogens with one attached hydrogen (secondary N) is 1. The van der Waals surface area contributed by atoms with Crippen LogP contribution in [0, 0.1) is 0 Å². The van der Waals surface area contributed by atoms with Crippen LogP contribution in [0.25, 0.3) is 0 Å². The van der Waals surface area contributed by atoms with Gasteiger partial charge in [-0.1, -0.05) is 11.7 Å². The molecule has 1 saturated heterocycles. The molecule has 3 nitrogen and oxygen atoms in total. The molecule has 5 heteroatoms. The summed E-state index contributed by atoms with van der Waals surface area (Å²) in [6.07, 6.45) is 2.32. The molecule has 0 spiro atoms. The van der Waals surface area contributed by atoms with E-state index in [9.17, 15) is 0 Å². The van der Waals surface area contributed by atoms with Crippen molar-refractivity contribution >= 4 is 22.6 Å². The average molecular weight is 208 g/mol. The van der Waals surface area contributed by atoms with Gasteiger partial charge in [-0.3, -0.25) is 0 Å². The topological polar surface area (TPSA) is 35.5 Å². The van der Waals surface area contributed by atoms with Crippen LogP contribution in [-0.2, 0) is 0 Å². The zero-order chi connectivity index (χ0) is 8.81. The Labute approximate surface area is 82.8 Å². The third kappa shape index (κ3) is 3.53. The first-order chi connectivity index (χ1) is 5.86. The number of thiol groups is 1. The van der Waals surface area contributed by atoms with Gasteiger partial charge in [0, 0.05) is 25.7 Å². The van der Waals surface area contributed by atoms with Crippen LogP contribution in [-0.4, -0.2) is 41.7 Å². The lowest BCUT2D eigenvalue weighted by Gasteiger charge is -2.29. The lowest BCUT2D eigenvalue weighted by atomic mass is 10.1. The molecule has 1 fully saturated rings. The van der Waals surface area contributed by atoms with E-state index in [1.165, 1.54) is 11.0 Å². The first-order valence-electron chi connectivity index (χ1n) is 4.27. The Morgan fingerprint density at radius 2 is 2.17 bits per heavy atom. The molecule has 0 amide bonds. The maximum atomic E-state index is 8.61. The third-order valence-electron chi connectivity index (χ3n) is 2.11. The minimum absolute atomic E-state index is 0.238. The number of hydrogen-bond donors (Lipinski definition) is 3. The van der Waals surface area contributed by atoms with Gasteiger partial charge < -0.3 is 10.4 Å². The maximum Gasteiger partial charge on any atom is 0.0556 e. The minimum atomic E-state index is 0.238. The maximum absolute atomic E-state index is 8.61. The second-order valence-electron chi connectivity index (χ2n) is 2.96. The fourth-order valence-electron chi connectivity index (χ4n) is 1.41. The van der Waals surface area contributed by atoms with E-state index < -0.39 is 0 Å². The molecule has 0 aromatic heterocycles. The molecule has 1 aliphatic rings. The molecular weight excluding hydrogens is 192 g/mol. The summed E-state index contributed by atoms with van der Waals surface area (Å²) in [7, 11) is 1.52. The molecule has 0 aliphatic carbocycles. The molecule has 0 unspecified atom stereocenters. The number of rotatable bonds is 4. The Morgan fingerprint density at radius 1 is 1.50 bits per heavy atom. The van der Waals surface area contributed by atoms with Crippen LogP contribution in [0.2, 0.25) is 0 Å². The van der Waals surface area contributed by atoms with Gasteiger partial charge in [-0.05, 0) is 23.8 Å². The van der Waals surface area contributed by atoms with E-state index in [4.69, 9.17) is 5.11 Å². The van der Waals surface area contributed by atoms with E-state index in [0.717, 1.165) is 32.5 Å². The van der Waals surface area contributed by atoms with Crippen molar-refractivity contribution in [3.8, 4) is 0 Å². The van der Waals surface area contributed by atoms with Crippen molar-refractivity contribution in [3.63, 3.8) is 0 Å². The number of nitrogens with zero attached hydrogens (tertiary/aromatic N) is 1. The smallest absolute Gasteiger partial charge is 0.0556 e. The van der Waals surface area contributed by atoms with Crippen molar-refractivity contribution in [1.29, 1.82) is 0 Å². The van der Waals surface area contributed by atoms with Crippen LogP contribution in [0.15, 0.2) is 0 Å². The fraction of sp³-hybridized carbons (Fsp3) is 1.00. The van der Waals surface area contributed by atoms with Crippen molar-refractivity contribution in [2.45, 2.75) is 18.9 Å². The summed E-state index contributed by atoms with van der Waals surface area (Å²) in [5, 5.41) is 11.9. The SMILES string of the molecule is OCCNC1CCN(SS)CC1. The molecule has 1 heterocycles. The largest absolute Gasteiger partial charge is 0.395 e. The Bertz CT molecular complexity index is 118. The van der Waals surface area contributed by atoms with Gasteiger partial charge in [0.25, 0.3) is 0 Å². The fourth-order valence-corrected chi connectivity index (χ4v) is 2.27. The lowest BCUT2D eigenvalue weighted by molar-refractivity contribution is 0.259. The van der Waals surface area contributed by atoms with Crippen LogP contribution in [0.1, 0.15) is 12.8 Å². The van der Waals surface area contributed by atoms with Crippen LogP contribution in [0.4, 0.5) is 0 Å². The summed E-state index contributed by atoms with van der Waals surface area (Å²) in [4.78, 5) is 0. The average Bonchev–Trinajstić information content (AvgIpc) is 2.15. The van der Waals surface area contributed by atoms with Gasteiger partial charge in [0.15, 0.2) is 0 Å². The molecule has 0 radical (unpaired) electrons. The predicted octanol–water partition coefficient (Wildman–Crippen LogP) is 0.526. The third-order valence-corrected chi connectivity index (χ3v) is 3.40. The van der Waals surface area contributed by atoms with E-state index in [-0.39, 0.29) is 6.61 Å². The quantitative estimate of drug-likeness (QED) is 0.358. The summed E-state index contributed by atoms with van der Waals surface area (Å²) >= 11 is 4.15. The Balaban J connectivity index is 2.09. The molecular formula is C7H16N2OS2. The first kappa shape index (κ1) is 10.7. The van der Waals surface area contributed by atoms with Gasteiger partial charge in [0.05, 0.1) is 6.61 Å². The van der Waals surface area contributed by atoms with Gasteiger partial charge in [-0.15, -0.1) is 0 Å². The number of piperidine rings is 1. The highest BCUT2D eigenvalue weighted by Gasteiger charge is 2.17. The van der Waals surface area contributed by atoms with Gasteiger partial charge in [0.2, 0.25) is 0 Å². The van der Waals surface area contributed by atoms with Crippen LogP contribution in [0.5, 0.6) is 0 Å². The first-order valence-corrected chi connectivity index (χ1v) is 6.10. The molecule has 12 heavy (non-hydrogen) atoms. The van der Waals surface area contributed by atoms with E-state index in [0.29, 0.717) is 6.04 Å². The number of aliphatic hydroxyl groups excluding tert-OH is 1. The monoisotopic (exact) mass is 208 g/mol. The molecule has 0 aromatic rings. The normalized spacial score (nSPS) is 21.5. The summed E-state index contributed by atoms with van der Waals surface area (Å²) in [6.45, 7) is 3.15. The van der Waals surface area contributed by atoms with Crippen LogP contribution < -0.4 is 5.32 Å². The molecule has 2 N–H and O–H groups in total. The molecule has 1 rings (SSSR count). The molecule has 72 valence electrons. The van der Waals surface area contributed by atoms with E-state index in [1.807, 2.05) is 0 Å².